The molecule has 3 aromatic carbocycles. The van der Waals surface area contributed by atoms with E-state index >= 15 is 0 Å². The summed E-state index contributed by atoms with van der Waals surface area (Å²) in [5.41, 5.74) is 1.14. The van der Waals surface area contributed by atoms with Gasteiger partial charge < -0.3 is 24.9 Å². The van der Waals surface area contributed by atoms with Crippen molar-refractivity contribution in [2.45, 2.75) is 13.2 Å². The van der Waals surface area contributed by atoms with E-state index in [9.17, 15) is 19.5 Å². The zero-order chi connectivity index (χ0) is 24.1. The molecule has 3 N–H and O–H groups in total. The van der Waals surface area contributed by atoms with Crippen LogP contribution in [0.2, 0.25) is 0 Å². The van der Waals surface area contributed by atoms with Crippen molar-refractivity contribution >= 4 is 22.8 Å². The Morgan fingerprint density at radius 3 is 2.65 bits per heavy atom. The zero-order valence-electron chi connectivity index (χ0n) is 18.2. The summed E-state index contributed by atoms with van der Waals surface area (Å²) in [6.45, 7) is 0.174. The molecule has 9 heteroatoms. The number of hydrogen-bond donors (Lipinski definition) is 3. The number of H-pyrrole nitrogens is 1. The number of carbonyl (C=O) groups is 2. The van der Waals surface area contributed by atoms with Crippen LogP contribution in [0.15, 0.2) is 71.5 Å². The van der Waals surface area contributed by atoms with Crippen molar-refractivity contribution in [3.63, 3.8) is 0 Å². The van der Waals surface area contributed by atoms with Gasteiger partial charge in [0.15, 0.2) is 5.82 Å². The number of benzene rings is 3. The molecule has 0 saturated heterocycles. The minimum absolute atomic E-state index is 0.0518. The molecule has 1 aromatic heterocycles. The van der Waals surface area contributed by atoms with Crippen molar-refractivity contribution in [1.82, 2.24) is 15.3 Å². The highest BCUT2D eigenvalue weighted by atomic mass is 16.5. The van der Waals surface area contributed by atoms with Gasteiger partial charge in [-0.15, -0.1) is 0 Å². The first-order valence-electron chi connectivity index (χ1n) is 10.3. The lowest BCUT2D eigenvalue weighted by molar-refractivity contribution is 0.0693. The Morgan fingerprint density at radius 2 is 1.85 bits per heavy atom. The first-order valence-corrected chi connectivity index (χ1v) is 10.3. The maximum atomic E-state index is 12.8. The maximum absolute atomic E-state index is 12.8. The van der Waals surface area contributed by atoms with Crippen LogP contribution in [0.1, 0.15) is 32.1 Å². The fourth-order valence-corrected chi connectivity index (χ4v) is 3.45. The number of rotatable bonds is 8. The average Bonchev–Trinajstić information content (AvgIpc) is 2.86. The smallest absolute Gasteiger partial charge is 0.336 e. The summed E-state index contributed by atoms with van der Waals surface area (Å²) < 4.78 is 10.9. The van der Waals surface area contributed by atoms with Gasteiger partial charge in [-0.3, -0.25) is 9.59 Å². The van der Waals surface area contributed by atoms with E-state index in [1.165, 1.54) is 6.07 Å². The predicted octanol–water partition coefficient (Wildman–Crippen LogP) is 3.14. The number of fused-ring (bicyclic) bond motifs is 1. The molecular formula is C25H21N3O6. The van der Waals surface area contributed by atoms with Gasteiger partial charge in [0.25, 0.3) is 11.5 Å². The molecule has 0 spiro atoms. The number of hydrogen-bond acceptors (Lipinski definition) is 6. The number of aromatic amines is 1. The lowest BCUT2D eigenvalue weighted by Gasteiger charge is -2.11. The van der Waals surface area contributed by atoms with Gasteiger partial charge in [-0.2, -0.15) is 0 Å². The Morgan fingerprint density at radius 1 is 1.06 bits per heavy atom. The molecule has 0 bridgehead atoms. The number of amides is 1. The van der Waals surface area contributed by atoms with E-state index in [2.05, 4.69) is 15.3 Å². The van der Waals surface area contributed by atoms with E-state index in [1.807, 2.05) is 12.1 Å². The molecule has 1 amide bonds. The zero-order valence-corrected chi connectivity index (χ0v) is 18.2. The number of carboxylic acid groups (broad SMARTS) is 1. The molecule has 4 aromatic rings. The van der Waals surface area contributed by atoms with E-state index < -0.39 is 17.4 Å². The van der Waals surface area contributed by atoms with Crippen LogP contribution in [0, 0.1) is 0 Å². The fraction of sp³-hybridized carbons (Fsp3) is 0.120. The Kier molecular flexibility index (Phi) is 6.54. The quantitative estimate of drug-likeness (QED) is 0.369. The molecule has 0 saturated carbocycles. The van der Waals surface area contributed by atoms with E-state index in [0.717, 1.165) is 5.56 Å². The summed E-state index contributed by atoms with van der Waals surface area (Å²) in [5, 5.41) is 12.2. The van der Waals surface area contributed by atoms with Gasteiger partial charge in [-0.1, -0.05) is 36.4 Å². The molecule has 0 fully saturated rings. The molecule has 0 aliphatic rings. The molecule has 1 heterocycles. The van der Waals surface area contributed by atoms with E-state index in [-0.39, 0.29) is 41.2 Å². The number of ether oxygens (including phenoxy) is 2. The van der Waals surface area contributed by atoms with Crippen LogP contribution >= 0.6 is 0 Å². The Bertz CT molecular complexity index is 1430. The van der Waals surface area contributed by atoms with Gasteiger partial charge in [0, 0.05) is 12.1 Å². The van der Waals surface area contributed by atoms with Gasteiger partial charge >= 0.3 is 5.97 Å². The van der Waals surface area contributed by atoms with E-state index in [4.69, 9.17) is 9.47 Å². The Labute approximate surface area is 194 Å². The number of aromatic carboxylic acids is 1. The van der Waals surface area contributed by atoms with Crippen molar-refractivity contribution in [3.05, 3.63) is 99.6 Å². The highest BCUT2D eigenvalue weighted by Gasteiger charge is 2.15. The number of methoxy groups -OCH3 is 1. The van der Waals surface area contributed by atoms with Crippen molar-refractivity contribution in [2.24, 2.45) is 0 Å². The van der Waals surface area contributed by atoms with Crippen molar-refractivity contribution < 1.29 is 24.2 Å². The molecule has 34 heavy (non-hydrogen) atoms. The Balaban J connectivity index is 1.54. The third-order valence-electron chi connectivity index (χ3n) is 5.13. The average molecular weight is 459 g/mol. The Hall–Kier alpha value is -4.66. The van der Waals surface area contributed by atoms with E-state index in [0.29, 0.717) is 11.3 Å². The van der Waals surface area contributed by atoms with Crippen LogP contribution < -0.4 is 20.3 Å². The maximum Gasteiger partial charge on any atom is 0.336 e. The van der Waals surface area contributed by atoms with Gasteiger partial charge in [-0.05, 0) is 35.9 Å². The highest BCUT2D eigenvalue weighted by Crippen LogP contribution is 2.23. The van der Waals surface area contributed by atoms with E-state index in [1.54, 1.807) is 55.6 Å². The summed E-state index contributed by atoms with van der Waals surface area (Å²) in [6.07, 6.45) is 0. The lowest BCUT2D eigenvalue weighted by Crippen LogP contribution is -2.27. The van der Waals surface area contributed by atoms with Crippen LogP contribution in [-0.2, 0) is 13.2 Å². The van der Waals surface area contributed by atoms with Crippen molar-refractivity contribution in [3.8, 4) is 11.5 Å². The first kappa shape index (κ1) is 22.5. The minimum Gasteiger partial charge on any atom is -0.497 e. The summed E-state index contributed by atoms with van der Waals surface area (Å²) in [6, 6.07) is 18.5. The molecule has 0 unspecified atom stereocenters. The highest BCUT2D eigenvalue weighted by molar-refractivity contribution is 5.93. The van der Waals surface area contributed by atoms with Gasteiger partial charge in [0.2, 0.25) is 0 Å². The molecule has 172 valence electrons. The normalized spacial score (nSPS) is 10.6. The third kappa shape index (κ3) is 4.88. The molecular weight excluding hydrogens is 438 g/mol. The molecule has 0 aliphatic heterocycles. The van der Waals surface area contributed by atoms with Crippen LogP contribution in [0.4, 0.5) is 0 Å². The van der Waals surface area contributed by atoms with Crippen LogP contribution in [0.25, 0.3) is 10.9 Å². The number of aromatic nitrogens is 2. The van der Waals surface area contributed by atoms with Crippen molar-refractivity contribution in [2.75, 3.05) is 7.11 Å². The summed E-state index contributed by atoms with van der Waals surface area (Å²) in [4.78, 5) is 43.6. The minimum atomic E-state index is -1.07. The number of nitrogens with zero attached hydrogens (tertiary/aromatic N) is 1. The second-order valence-electron chi connectivity index (χ2n) is 7.35. The summed E-state index contributed by atoms with van der Waals surface area (Å²) in [7, 11) is 1.56. The monoisotopic (exact) mass is 459 g/mol. The number of carbonyl (C=O) groups excluding carboxylic acids is 1. The molecule has 0 atom stereocenters. The summed E-state index contributed by atoms with van der Waals surface area (Å²) in [5.74, 6) is -0.837. The lowest BCUT2D eigenvalue weighted by atomic mass is 10.1. The van der Waals surface area contributed by atoms with Crippen molar-refractivity contribution in [1.29, 1.82) is 0 Å². The SMILES string of the molecule is COc1cccc(CNC(=O)c2nc3cccc(OCc4ccccc4C(=O)O)c3c(=O)[nH]2)c1. The second kappa shape index (κ2) is 9.86. The summed E-state index contributed by atoms with van der Waals surface area (Å²) >= 11 is 0. The largest absolute Gasteiger partial charge is 0.497 e. The van der Waals surface area contributed by atoms with Gasteiger partial charge in [-0.25, -0.2) is 9.78 Å². The molecule has 0 radical (unpaired) electrons. The topological polar surface area (TPSA) is 131 Å². The number of carboxylic acids is 1. The molecule has 4 rings (SSSR count). The van der Waals surface area contributed by atoms with Crippen LogP contribution in [0.5, 0.6) is 11.5 Å². The van der Waals surface area contributed by atoms with Gasteiger partial charge in [0.1, 0.15) is 23.5 Å². The fourth-order valence-electron chi connectivity index (χ4n) is 3.45. The molecule has 0 aliphatic carbocycles. The van der Waals surface area contributed by atoms with Crippen LogP contribution in [-0.4, -0.2) is 34.1 Å². The van der Waals surface area contributed by atoms with Gasteiger partial charge in [0.05, 0.1) is 18.2 Å². The molecule has 9 nitrogen and oxygen atoms in total. The standard InChI is InChI=1S/C25H21N3O6/c1-33-17-8-4-6-15(12-17)13-26-24(30)22-27-19-10-5-11-20(21(19)23(29)28-22)34-14-16-7-2-3-9-18(16)25(31)32/h2-12H,13-14H2,1H3,(H,26,30)(H,31,32)(H,27,28,29). The first-order chi connectivity index (χ1) is 16.5. The third-order valence-corrected chi connectivity index (χ3v) is 5.13. The predicted molar refractivity (Wildman–Crippen MR) is 124 cm³/mol. The second-order valence-corrected chi connectivity index (χ2v) is 7.35. The van der Waals surface area contributed by atoms with Crippen LogP contribution in [0.3, 0.4) is 0 Å². The number of nitrogens with one attached hydrogen (secondary N) is 2.